The molecule has 11 heteroatoms. The van der Waals surface area contributed by atoms with Crippen LogP contribution in [0.25, 0.3) is 22.5 Å². The average molecular weight is 391 g/mol. The maximum Gasteiger partial charge on any atom is 0.416 e. The lowest BCUT2D eigenvalue weighted by Gasteiger charge is -2.13. The number of fused-ring (bicyclic) bond motifs is 3. The van der Waals surface area contributed by atoms with E-state index in [0.717, 1.165) is 16.7 Å². The van der Waals surface area contributed by atoms with E-state index in [1.807, 2.05) is 0 Å². The third-order valence-electron chi connectivity index (χ3n) is 4.51. The maximum absolute atomic E-state index is 13.1. The van der Waals surface area contributed by atoms with Crippen LogP contribution in [-0.2, 0) is 13.2 Å². The van der Waals surface area contributed by atoms with Gasteiger partial charge in [-0.25, -0.2) is 14.8 Å². The van der Waals surface area contributed by atoms with Gasteiger partial charge in [-0.2, -0.15) is 13.2 Å². The highest BCUT2D eigenvalue weighted by atomic mass is 19.4. The quantitative estimate of drug-likeness (QED) is 0.566. The minimum absolute atomic E-state index is 0.0133. The van der Waals surface area contributed by atoms with Gasteiger partial charge in [0.15, 0.2) is 11.5 Å². The molecule has 0 atom stereocenters. The van der Waals surface area contributed by atoms with Gasteiger partial charge < -0.3 is 9.67 Å². The zero-order valence-electron chi connectivity index (χ0n) is 14.5. The molecule has 0 fully saturated rings. The summed E-state index contributed by atoms with van der Waals surface area (Å²) in [5.41, 5.74) is -2.08. The van der Waals surface area contributed by atoms with Crippen LogP contribution in [0.1, 0.15) is 21.9 Å². The molecule has 0 bridgehead atoms. The summed E-state index contributed by atoms with van der Waals surface area (Å²) in [6.45, 7) is 1.62. The van der Waals surface area contributed by atoms with Crippen LogP contribution in [0.15, 0.2) is 35.4 Å². The predicted molar refractivity (Wildman–Crippen MR) is 91.8 cm³/mol. The molecule has 3 aromatic heterocycles. The molecule has 4 rings (SSSR count). The van der Waals surface area contributed by atoms with Crippen LogP contribution in [0.5, 0.6) is 0 Å². The van der Waals surface area contributed by atoms with E-state index >= 15 is 0 Å². The largest absolute Gasteiger partial charge is 0.476 e. The summed E-state index contributed by atoms with van der Waals surface area (Å²) < 4.78 is 43.1. The zero-order valence-corrected chi connectivity index (χ0v) is 14.5. The van der Waals surface area contributed by atoms with E-state index in [2.05, 4.69) is 9.97 Å². The van der Waals surface area contributed by atoms with Gasteiger partial charge in [-0.05, 0) is 25.1 Å². The molecule has 144 valence electrons. The lowest BCUT2D eigenvalue weighted by Crippen LogP contribution is -2.21. The molecule has 1 N–H and O–H groups in total. The van der Waals surface area contributed by atoms with Crippen LogP contribution >= 0.6 is 0 Å². The number of nitrogens with zero attached hydrogens (tertiary/aromatic N) is 5. The molecule has 0 aliphatic heterocycles. The van der Waals surface area contributed by atoms with Gasteiger partial charge in [0, 0.05) is 19.4 Å². The van der Waals surface area contributed by atoms with Gasteiger partial charge in [0.2, 0.25) is 5.65 Å². The van der Waals surface area contributed by atoms with Gasteiger partial charge in [-0.1, -0.05) is 0 Å². The SMILES string of the molecule is Cc1nccn1-c1c(C(=O)O)nc2c(=O)n(C)c3cc(C(F)(F)F)ccc3n12. The normalized spacial score (nSPS) is 12.2. The summed E-state index contributed by atoms with van der Waals surface area (Å²) in [7, 11) is 1.31. The van der Waals surface area contributed by atoms with Gasteiger partial charge in [0.05, 0.1) is 16.6 Å². The van der Waals surface area contributed by atoms with Crippen molar-refractivity contribution in [2.75, 3.05) is 0 Å². The molecular weight excluding hydrogens is 379 g/mol. The minimum atomic E-state index is -4.59. The molecule has 0 saturated carbocycles. The number of imidazole rings is 2. The lowest BCUT2D eigenvalue weighted by molar-refractivity contribution is -0.137. The number of carboxylic acid groups (broad SMARTS) is 1. The number of aryl methyl sites for hydroxylation is 2. The number of aromatic nitrogens is 5. The number of rotatable bonds is 2. The first-order valence-electron chi connectivity index (χ1n) is 7.97. The highest BCUT2D eigenvalue weighted by Crippen LogP contribution is 2.32. The first kappa shape index (κ1) is 17.8. The van der Waals surface area contributed by atoms with E-state index in [1.165, 1.54) is 34.5 Å². The van der Waals surface area contributed by atoms with Crippen LogP contribution in [0.2, 0.25) is 0 Å². The van der Waals surface area contributed by atoms with E-state index in [9.17, 15) is 27.9 Å². The van der Waals surface area contributed by atoms with Crippen LogP contribution in [-0.4, -0.2) is 34.6 Å². The number of carbonyl (C=O) groups is 1. The van der Waals surface area contributed by atoms with Crippen molar-refractivity contribution in [2.24, 2.45) is 7.05 Å². The van der Waals surface area contributed by atoms with Crippen molar-refractivity contribution in [2.45, 2.75) is 13.1 Å². The van der Waals surface area contributed by atoms with Crippen molar-refractivity contribution in [3.05, 3.63) is 58.0 Å². The van der Waals surface area contributed by atoms with Crippen molar-refractivity contribution in [1.82, 2.24) is 23.5 Å². The van der Waals surface area contributed by atoms with E-state index in [-0.39, 0.29) is 22.5 Å². The fourth-order valence-electron chi connectivity index (χ4n) is 3.17. The summed E-state index contributed by atoms with van der Waals surface area (Å²) in [5, 5.41) is 9.57. The van der Waals surface area contributed by atoms with E-state index in [4.69, 9.17) is 0 Å². The monoisotopic (exact) mass is 391 g/mol. The third kappa shape index (κ3) is 2.39. The number of hydrogen-bond donors (Lipinski definition) is 1. The number of carboxylic acids is 1. The first-order chi connectivity index (χ1) is 13.1. The van der Waals surface area contributed by atoms with E-state index < -0.39 is 29.0 Å². The van der Waals surface area contributed by atoms with E-state index in [1.54, 1.807) is 6.92 Å². The summed E-state index contributed by atoms with van der Waals surface area (Å²) in [4.78, 5) is 32.5. The van der Waals surface area contributed by atoms with Gasteiger partial charge >= 0.3 is 12.1 Å². The van der Waals surface area contributed by atoms with Crippen LogP contribution in [0.4, 0.5) is 13.2 Å². The number of alkyl halides is 3. The Kier molecular flexibility index (Phi) is 3.61. The summed E-state index contributed by atoms with van der Waals surface area (Å²) in [6.07, 6.45) is -1.67. The maximum atomic E-state index is 13.1. The van der Waals surface area contributed by atoms with Crippen LogP contribution < -0.4 is 5.56 Å². The Morgan fingerprint density at radius 3 is 2.50 bits per heavy atom. The highest BCUT2D eigenvalue weighted by molar-refractivity contribution is 5.92. The second-order valence-electron chi connectivity index (χ2n) is 6.16. The highest BCUT2D eigenvalue weighted by Gasteiger charge is 2.32. The Bertz CT molecular complexity index is 1330. The Morgan fingerprint density at radius 1 is 1.21 bits per heavy atom. The van der Waals surface area contributed by atoms with Gasteiger partial charge in [0.25, 0.3) is 5.56 Å². The smallest absolute Gasteiger partial charge is 0.416 e. The van der Waals surface area contributed by atoms with Crippen LogP contribution in [0.3, 0.4) is 0 Å². The van der Waals surface area contributed by atoms with Crippen molar-refractivity contribution in [1.29, 1.82) is 0 Å². The topological polar surface area (TPSA) is 94.4 Å². The fraction of sp³-hybridized carbons (Fsp3) is 0.176. The number of hydrogen-bond acceptors (Lipinski definition) is 4. The second kappa shape index (κ2) is 5.68. The van der Waals surface area contributed by atoms with Gasteiger partial charge in [-0.3, -0.25) is 13.8 Å². The fourth-order valence-corrected chi connectivity index (χ4v) is 3.17. The molecule has 8 nitrogen and oxygen atoms in total. The zero-order chi connectivity index (χ0) is 20.4. The van der Waals surface area contributed by atoms with E-state index in [0.29, 0.717) is 5.82 Å². The Labute approximate surface area is 154 Å². The molecule has 0 aliphatic carbocycles. The van der Waals surface area contributed by atoms with Gasteiger partial charge in [0.1, 0.15) is 5.82 Å². The Balaban J connectivity index is 2.25. The number of aromatic carboxylic acids is 1. The molecule has 0 amide bonds. The van der Waals surface area contributed by atoms with Crippen molar-refractivity contribution in [3.63, 3.8) is 0 Å². The molecule has 0 spiro atoms. The molecule has 0 saturated heterocycles. The summed E-state index contributed by atoms with van der Waals surface area (Å²) >= 11 is 0. The summed E-state index contributed by atoms with van der Waals surface area (Å²) in [5.74, 6) is -0.945. The molecule has 0 aliphatic rings. The Morgan fingerprint density at radius 2 is 1.93 bits per heavy atom. The Hall–Kier alpha value is -3.63. The van der Waals surface area contributed by atoms with Gasteiger partial charge in [-0.15, -0.1) is 0 Å². The van der Waals surface area contributed by atoms with Crippen molar-refractivity contribution < 1.29 is 23.1 Å². The predicted octanol–water partition coefficient (Wildman–Crippen LogP) is 2.40. The molecule has 0 radical (unpaired) electrons. The standard InChI is InChI=1S/C17H12F3N5O3/c1-8-21-5-6-24(8)14-12(16(27)28)22-13-15(26)23(2)11-7-9(17(18,19)20)3-4-10(11)25(13)14/h3-7H,1-2H3,(H,27,28). The minimum Gasteiger partial charge on any atom is -0.476 e. The number of halogens is 3. The average Bonchev–Trinajstić information content (AvgIpc) is 3.21. The molecule has 4 aromatic rings. The molecule has 3 heterocycles. The van der Waals surface area contributed by atoms with Crippen LogP contribution in [0, 0.1) is 6.92 Å². The molecule has 1 aromatic carbocycles. The van der Waals surface area contributed by atoms with Crippen molar-refractivity contribution in [3.8, 4) is 5.82 Å². The third-order valence-corrected chi connectivity index (χ3v) is 4.51. The van der Waals surface area contributed by atoms with Crippen molar-refractivity contribution >= 4 is 22.6 Å². The second-order valence-corrected chi connectivity index (χ2v) is 6.16. The lowest BCUT2D eigenvalue weighted by atomic mass is 10.2. The molecular formula is C17H12F3N5O3. The summed E-state index contributed by atoms with van der Waals surface area (Å²) in [6, 6.07) is 2.91. The molecule has 0 unspecified atom stereocenters. The number of benzene rings is 1. The molecule has 28 heavy (non-hydrogen) atoms. The first-order valence-corrected chi connectivity index (χ1v) is 7.97.